The zero-order valence-corrected chi connectivity index (χ0v) is 19.7. The number of amides is 1. The summed E-state index contributed by atoms with van der Waals surface area (Å²) in [6.45, 7) is 9.49. The highest BCUT2D eigenvalue weighted by atomic mass is 16.5. The van der Waals surface area contributed by atoms with E-state index in [1.54, 1.807) is 0 Å². The van der Waals surface area contributed by atoms with Gasteiger partial charge in [0.2, 0.25) is 5.91 Å². The summed E-state index contributed by atoms with van der Waals surface area (Å²) in [5.41, 5.74) is 4.44. The highest BCUT2D eigenvalue weighted by Crippen LogP contribution is 2.23. The number of carbonyl (C=O) groups excluding carboxylic acids is 1. The third-order valence-electron chi connectivity index (χ3n) is 6.29. The summed E-state index contributed by atoms with van der Waals surface area (Å²) < 4.78 is 5.83. The second kappa shape index (κ2) is 10.5. The SMILES string of the molecule is Cc1cccc(N2CCN([C@H](C)C(=O)Nc3ccc(OCc4ccccc4)cc3)C[C@H]2C)c1. The van der Waals surface area contributed by atoms with Crippen LogP contribution in [0.4, 0.5) is 11.4 Å². The summed E-state index contributed by atoms with van der Waals surface area (Å²) in [5.74, 6) is 0.801. The number of hydrogen-bond donors (Lipinski definition) is 1. The Labute approximate surface area is 197 Å². The summed E-state index contributed by atoms with van der Waals surface area (Å²) in [5, 5.41) is 3.06. The number of anilines is 2. The molecule has 172 valence electrons. The molecule has 0 spiro atoms. The highest BCUT2D eigenvalue weighted by Gasteiger charge is 2.29. The topological polar surface area (TPSA) is 44.8 Å². The molecule has 1 N–H and O–H groups in total. The van der Waals surface area contributed by atoms with Gasteiger partial charge in [-0.25, -0.2) is 0 Å². The lowest BCUT2D eigenvalue weighted by molar-refractivity contribution is -0.121. The number of aryl methyl sites for hydroxylation is 1. The molecule has 3 aromatic rings. The van der Waals surface area contributed by atoms with E-state index < -0.39 is 0 Å². The van der Waals surface area contributed by atoms with E-state index in [-0.39, 0.29) is 11.9 Å². The average Bonchev–Trinajstić information content (AvgIpc) is 2.83. The summed E-state index contributed by atoms with van der Waals surface area (Å²) in [6.07, 6.45) is 0. The monoisotopic (exact) mass is 443 g/mol. The van der Waals surface area contributed by atoms with Crippen LogP contribution in [0.1, 0.15) is 25.0 Å². The van der Waals surface area contributed by atoms with Crippen molar-refractivity contribution in [3.63, 3.8) is 0 Å². The highest BCUT2D eigenvalue weighted by molar-refractivity contribution is 5.94. The minimum Gasteiger partial charge on any atom is -0.489 e. The van der Waals surface area contributed by atoms with Crippen molar-refractivity contribution in [2.24, 2.45) is 0 Å². The van der Waals surface area contributed by atoms with Crippen molar-refractivity contribution >= 4 is 17.3 Å². The molecular weight excluding hydrogens is 410 g/mol. The van der Waals surface area contributed by atoms with E-state index >= 15 is 0 Å². The standard InChI is InChI=1S/C28H33N3O2/c1-21-8-7-11-26(18-21)31-17-16-30(19-22(31)2)23(3)28(32)29-25-12-14-27(15-13-25)33-20-24-9-5-4-6-10-24/h4-15,18,22-23H,16-17,19-20H2,1-3H3,(H,29,32)/t22-,23-/m1/s1. The van der Waals surface area contributed by atoms with Gasteiger partial charge in [0, 0.05) is 37.1 Å². The molecule has 1 saturated heterocycles. The number of piperazine rings is 1. The normalized spacial score (nSPS) is 17.4. The molecule has 4 rings (SSSR count). The first-order valence-electron chi connectivity index (χ1n) is 11.6. The Morgan fingerprint density at radius 1 is 1.03 bits per heavy atom. The van der Waals surface area contributed by atoms with Crippen molar-refractivity contribution in [2.75, 3.05) is 29.9 Å². The molecule has 0 radical (unpaired) electrons. The van der Waals surface area contributed by atoms with Gasteiger partial charge in [-0.05, 0) is 68.3 Å². The van der Waals surface area contributed by atoms with Crippen LogP contribution in [0.5, 0.6) is 5.75 Å². The maximum atomic E-state index is 12.9. The average molecular weight is 444 g/mol. The first-order chi connectivity index (χ1) is 16.0. The predicted octanol–water partition coefficient (Wildman–Crippen LogP) is 5.11. The molecule has 3 aromatic carbocycles. The smallest absolute Gasteiger partial charge is 0.241 e. The summed E-state index contributed by atoms with van der Waals surface area (Å²) in [6, 6.07) is 26.4. The fourth-order valence-corrected chi connectivity index (χ4v) is 4.32. The van der Waals surface area contributed by atoms with Crippen molar-refractivity contribution in [3.8, 4) is 5.75 Å². The molecule has 2 atom stereocenters. The van der Waals surface area contributed by atoms with Crippen molar-refractivity contribution in [2.45, 2.75) is 39.5 Å². The predicted molar refractivity (Wildman–Crippen MR) is 135 cm³/mol. The number of ether oxygens (including phenoxy) is 1. The van der Waals surface area contributed by atoms with Crippen LogP contribution in [-0.2, 0) is 11.4 Å². The maximum absolute atomic E-state index is 12.9. The van der Waals surface area contributed by atoms with Crippen LogP contribution in [-0.4, -0.2) is 42.5 Å². The van der Waals surface area contributed by atoms with Crippen molar-refractivity contribution < 1.29 is 9.53 Å². The van der Waals surface area contributed by atoms with E-state index in [2.05, 4.69) is 53.2 Å². The van der Waals surface area contributed by atoms with E-state index in [0.29, 0.717) is 12.6 Å². The molecule has 1 heterocycles. The van der Waals surface area contributed by atoms with Gasteiger partial charge >= 0.3 is 0 Å². The van der Waals surface area contributed by atoms with Gasteiger partial charge in [-0.3, -0.25) is 9.69 Å². The van der Waals surface area contributed by atoms with Crippen LogP contribution in [0.15, 0.2) is 78.9 Å². The molecule has 0 aromatic heterocycles. The third kappa shape index (κ3) is 5.93. The van der Waals surface area contributed by atoms with Crippen LogP contribution in [0.3, 0.4) is 0 Å². The van der Waals surface area contributed by atoms with Gasteiger partial charge in [0.15, 0.2) is 0 Å². The van der Waals surface area contributed by atoms with Gasteiger partial charge in [0.05, 0.1) is 6.04 Å². The third-order valence-corrected chi connectivity index (χ3v) is 6.29. The van der Waals surface area contributed by atoms with Gasteiger partial charge in [0.25, 0.3) is 0 Å². The largest absolute Gasteiger partial charge is 0.489 e. The Morgan fingerprint density at radius 3 is 2.48 bits per heavy atom. The number of rotatable bonds is 7. The number of hydrogen-bond acceptors (Lipinski definition) is 4. The number of nitrogens with one attached hydrogen (secondary N) is 1. The Hall–Kier alpha value is -3.31. The summed E-state index contributed by atoms with van der Waals surface area (Å²) in [7, 11) is 0. The molecule has 5 nitrogen and oxygen atoms in total. The fourth-order valence-electron chi connectivity index (χ4n) is 4.32. The van der Waals surface area contributed by atoms with Crippen LogP contribution < -0.4 is 15.0 Å². The Balaban J connectivity index is 1.28. The molecule has 5 heteroatoms. The molecule has 0 bridgehead atoms. The quantitative estimate of drug-likeness (QED) is 0.551. The lowest BCUT2D eigenvalue weighted by Gasteiger charge is -2.43. The number of nitrogens with zero attached hydrogens (tertiary/aromatic N) is 2. The molecule has 0 unspecified atom stereocenters. The molecule has 1 fully saturated rings. The van der Waals surface area contributed by atoms with Crippen molar-refractivity contribution in [1.29, 1.82) is 0 Å². The lowest BCUT2D eigenvalue weighted by Crippen LogP contribution is -2.56. The Morgan fingerprint density at radius 2 is 1.79 bits per heavy atom. The van der Waals surface area contributed by atoms with E-state index in [9.17, 15) is 4.79 Å². The molecular formula is C28H33N3O2. The Kier molecular flexibility index (Phi) is 7.30. The van der Waals surface area contributed by atoms with Crippen molar-refractivity contribution in [1.82, 2.24) is 4.90 Å². The zero-order valence-electron chi connectivity index (χ0n) is 19.7. The van der Waals surface area contributed by atoms with Crippen molar-refractivity contribution in [3.05, 3.63) is 90.0 Å². The molecule has 33 heavy (non-hydrogen) atoms. The first kappa shape index (κ1) is 22.9. The molecule has 0 aliphatic carbocycles. The lowest BCUT2D eigenvalue weighted by atomic mass is 10.1. The van der Waals surface area contributed by atoms with Gasteiger partial charge in [-0.1, -0.05) is 42.5 Å². The van der Waals surface area contributed by atoms with E-state index in [1.807, 2.05) is 61.5 Å². The van der Waals surface area contributed by atoms with Crippen LogP contribution in [0, 0.1) is 6.92 Å². The van der Waals surface area contributed by atoms with Crippen LogP contribution >= 0.6 is 0 Å². The Bertz CT molecular complexity index is 1050. The maximum Gasteiger partial charge on any atom is 0.241 e. The summed E-state index contributed by atoms with van der Waals surface area (Å²) >= 11 is 0. The first-order valence-corrected chi connectivity index (χ1v) is 11.6. The second-order valence-corrected chi connectivity index (χ2v) is 8.84. The van der Waals surface area contributed by atoms with Gasteiger partial charge < -0.3 is 15.0 Å². The fraction of sp³-hybridized carbons (Fsp3) is 0.321. The van der Waals surface area contributed by atoms with Gasteiger partial charge in [0.1, 0.15) is 12.4 Å². The number of benzene rings is 3. The molecule has 1 amide bonds. The minimum absolute atomic E-state index is 0.0177. The van der Waals surface area contributed by atoms with E-state index in [0.717, 1.165) is 36.6 Å². The minimum atomic E-state index is -0.193. The second-order valence-electron chi connectivity index (χ2n) is 8.84. The zero-order chi connectivity index (χ0) is 23.2. The molecule has 1 aliphatic heterocycles. The van der Waals surface area contributed by atoms with Gasteiger partial charge in [-0.2, -0.15) is 0 Å². The van der Waals surface area contributed by atoms with Crippen LogP contribution in [0.2, 0.25) is 0 Å². The number of carbonyl (C=O) groups is 1. The van der Waals surface area contributed by atoms with Gasteiger partial charge in [-0.15, -0.1) is 0 Å². The molecule has 1 aliphatic rings. The van der Waals surface area contributed by atoms with Crippen LogP contribution in [0.25, 0.3) is 0 Å². The van der Waals surface area contributed by atoms with E-state index in [4.69, 9.17) is 4.74 Å². The molecule has 0 saturated carbocycles. The summed E-state index contributed by atoms with van der Waals surface area (Å²) in [4.78, 5) is 17.6. The van der Waals surface area contributed by atoms with E-state index in [1.165, 1.54) is 11.3 Å².